The molecule has 1 aliphatic rings. The fourth-order valence-corrected chi connectivity index (χ4v) is 2.87. The molecule has 104 valence electrons. The number of phenolic OH excluding ortho intramolecular Hbond substituents is 1. The highest BCUT2D eigenvalue weighted by molar-refractivity contribution is 5.97. The van der Waals surface area contributed by atoms with Crippen LogP contribution < -0.4 is 5.32 Å². The van der Waals surface area contributed by atoms with E-state index in [9.17, 15) is 14.3 Å². The van der Waals surface area contributed by atoms with E-state index in [0.29, 0.717) is 6.54 Å². The zero-order valence-corrected chi connectivity index (χ0v) is 11.2. The van der Waals surface area contributed by atoms with Gasteiger partial charge >= 0.3 is 0 Å². The predicted molar refractivity (Wildman–Crippen MR) is 71.6 cm³/mol. The maximum Gasteiger partial charge on any atom is 0.258 e. The number of halogens is 1. The van der Waals surface area contributed by atoms with E-state index in [-0.39, 0.29) is 16.7 Å². The lowest BCUT2D eigenvalue weighted by Gasteiger charge is -2.27. The van der Waals surface area contributed by atoms with Crippen molar-refractivity contribution in [2.45, 2.75) is 39.0 Å². The van der Waals surface area contributed by atoms with Crippen LogP contribution in [0.1, 0.15) is 49.4 Å². The zero-order chi connectivity index (χ0) is 13.9. The largest absolute Gasteiger partial charge is 0.507 e. The van der Waals surface area contributed by atoms with Gasteiger partial charge in [0.25, 0.3) is 5.91 Å². The first-order chi connectivity index (χ1) is 9.08. The summed E-state index contributed by atoms with van der Waals surface area (Å²) in [5.74, 6) is -1.53. The molecule has 19 heavy (non-hydrogen) atoms. The molecule has 1 aliphatic carbocycles. The summed E-state index contributed by atoms with van der Waals surface area (Å²) in [5.41, 5.74) is -0.108. The Labute approximate surface area is 112 Å². The van der Waals surface area contributed by atoms with Crippen LogP contribution in [0.15, 0.2) is 18.2 Å². The first-order valence-corrected chi connectivity index (χ1v) is 6.84. The van der Waals surface area contributed by atoms with Crippen LogP contribution in [0.25, 0.3) is 0 Å². The summed E-state index contributed by atoms with van der Waals surface area (Å²) in [6.45, 7) is 2.67. The molecule has 0 unspecified atom stereocenters. The Morgan fingerprint density at radius 2 is 2.11 bits per heavy atom. The van der Waals surface area contributed by atoms with Crippen LogP contribution in [0.2, 0.25) is 0 Å². The van der Waals surface area contributed by atoms with Gasteiger partial charge in [0.15, 0.2) is 0 Å². The molecule has 2 N–H and O–H groups in total. The molecule has 3 nitrogen and oxygen atoms in total. The Kier molecular flexibility index (Phi) is 4.08. The molecule has 0 atom stereocenters. The molecule has 1 aromatic carbocycles. The Bertz CT molecular complexity index is 447. The lowest BCUT2D eigenvalue weighted by atomic mass is 9.83. The molecule has 0 bridgehead atoms. The standard InChI is InChI=1S/C15H20FNO2/c1-2-15(8-3-4-9-15)10-17-14(19)13-11(16)6-5-7-12(13)18/h5-7,18H,2-4,8-10H2,1H3,(H,17,19). The van der Waals surface area contributed by atoms with Crippen molar-refractivity contribution in [1.82, 2.24) is 5.32 Å². The molecular weight excluding hydrogens is 245 g/mol. The number of phenols is 1. The number of benzene rings is 1. The minimum Gasteiger partial charge on any atom is -0.507 e. The minimum atomic E-state index is -0.686. The van der Waals surface area contributed by atoms with E-state index >= 15 is 0 Å². The van der Waals surface area contributed by atoms with Crippen LogP contribution in [-0.2, 0) is 0 Å². The topological polar surface area (TPSA) is 49.3 Å². The second-order valence-corrected chi connectivity index (χ2v) is 5.38. The average molecular weight is 265 g/mol. The predicted octanol–water partition coefficient (Wildman–Crippen LogP) is 3.23. The van der Waals surface area contributed by atoms with Gasteiger partial charge in [0.2, 0.25) is 0 Å². The minimum absolute atomic E-state index is 0.149. The molecule has 0 heterocycles. The van der Waals surface area contributed by atoms with Crippen molar-refractivity contribution < 1.29 is 14.3 Å². The van der Waals surface area contributed by atoms with Gasteiger partial charge in [0, 0.05) is 6.54 Å². The first kappa shape index (κ1) is 13.8. The number of rotatable bonds is 4. The van der Waals surface area contributed by atoms with Gasteiger partial charge in [0.05, 0.1) is 0 Å². The zero-order valence-electron chi connectivity index (χ0n) is 11.2. The van der Waals surface area contributed by atoms with Gasteiger partial charge in [-0.2, -0.15) is 0 Å². The molecule has 1 saturated carbocycles. The molecule has 0 radical (unpaired) electrons. The van der Waals surface area contributed by atoms with E-state index in [2.05, 4.69) is 12.2 Å². The molecule has 1 aromatic rings. The monoisotopic (exact) mass is 265 g/mol. The molecule has 1 amide bonds. The number of amides is 1. The second-order valence-electron chi connectivity index (χ2n) is 5.38. The van der Waals surface area contributed by atoms with Crippen LogP contribution >= 0.6 is 0 Å². The van der Waals surface area contributed by atoms with Gasteiger partial charge < -0.3 is 10.4 Å². The normalized spacial score (nSPS) is 17.4. The van der Waals surface area contributed by atoms with Crippen molar-refractivity contribution in [1.29, 1.82) is 0 Å². The summed E-state index contributed by atoms with van der Waals surface area (Å²) in [7, 11) is 0. The highest BCUT2D eigenvalue weighted by atomic mass is 19.1. The van der Waals surface area contributed by atoms with Gasteiger partial charge in [-0.05, 0) is 36.8 Å². The van der Waals surface area contributed by atoms with E-state index in [0.717, 1.165) is 19.3 Å². The van der Waals surface area contributed by atoms with Crippen LogP contribution in [-0.4, -0.2) is 17.6 Å². The fraction of sp³-hybridized carbons (Fsp3) is 0.533. The molecule has 2 rings (SSSR count). The Morgan fingerprint density at radius 1 is 1.42 bits per heavy atom. The maximum atomic E-state index is 13.6. The van der Waals surface area contributed by atoms with E-state index in [1.807, 2.05) is 0 Å². The van der Waals surface area contributed by atoms with Gasteiger partial charge in [-0.25, -0.2) is 4.39 Å². The first-order valence-electron chi connectivity index (χ1n) is 6.84. The van der Waals surface area contributed by atoms with Crippen molar-refractivity contribution in [3.8, 4) is 5.75 Å². The summed E-state index contributed by atoms with van der Waals surface area (Å²) >= 11 is 0. The van der Waals surface area contributed by atoms with Gasteiger partial charge in [-0.15, -0.1) is 0 Å². The van der Waals surface area contributed by atoms with Crippen LogP contribution in [0, 0.1) is 11.2 Å². The maximum absolute atomic E-state index is 13.6. The fourth-order valence-electron chi connectivity index (χ4n) is 2.87. The quantitative estimate of drug-likeness (QED) is 0.878. The second kappa shape index (κ2) is 5.59. The molecular formula is C15H20FNO2. The number of carbonyl (C=O) groups excluding carboxylic acids is 1. The molecule has 1 fully saturated rings. The third-order valence-corrected chi connectivity index (χ3v) is 4.26. The lowest BCUT2D eigenvalue weighted by Crippen LogP contribution is -2.36. The van der Waals surface area contributed by atoms with Crippen LogP contribution in [0.4, 0.5) is 4.39 Å². The van der Waals surface area contributed by atoms with Crippen molar-refractivity contribution >= 4 is 5.91 Å². The SMILES string of the molecule is CCC1(CNC(=O)c2c(O)cccc2F)CCCC1. The highest BCUT2D eigenvalue weighted by Crippen LogP contribution is 2.40. The molecule has 0 spiro atoms. The van der Waals surface area contributed by atoms with Crippen LogP contribution in [0.5, 0.6) is 5.75 Å². The highest BCUT2D eigenvalue weighted by Gasteiger charge is 2.32. The Balaban J connectivity index is 2.05. The van der Waals surface area contributed by atoms with Crippen molar-refractivity contribution in [2.24, 2.45) is 5.41 Å². The Hall–Kier alpha value is -1.58. The summed E-state index contributed by atoms with van der Waals surface area (Å²) in [6.07, 6.45) is 5.60. The number of nitrogens with one attached hydrogen (secondary N) is 1. The average Bonchev–Trinajstić information content (AvgIpc) is 2.86. The molecule has 4 heteroatoms. The van der Waals surface area contributed by atoms with Gasteiger partial charge in [0.1, 0.15) is 17.1 Å². The van der Waals surface area contributed by atoms with Gasteiger partial charge in [-0.3, -0.25) is 4.79 Å². The van der Waals surface area contributed by atoms with Crippen molar-refractivity contribution in [2.75, 3.05) is 6.54 Å². The van der Waals surface area contributed by atoms with E-state index < -0.39 is 11.7 Å². The van der Waals surface area contributed by atoms with E-state index in [4.69, 9.17) is 0 Å². The Morgan fingerprint density at radius 3 is 2.68 bits per heavy atom. The molecule has 0 aliphatic heterocycles. The summed E-state index contributed by atoms with van der Waals surface area (Å²) in [4.78, 5) is 12.0. The smallest absolute Gasteiger partial charge is 0.258 e. The number of carbonyl (C=O) groups is 1. The third kappa shape index (κ3) is 2.88. The van der Waals surface area contributed by atoms with Crippen molar-refractivity contribution in [3.63, 3.8) is 0 Å². The summed E-state index contributed by atoms with van der Waals surface area (Å²) in [6, 6.07) is 3.88. The molecule has 0 aromatic heterocycles. The number of hydrogen-bond acceptors (Lipinski definition) is 2. The molecule has 0 saturated heterocycles. The van der Waals surface area contributed by atoms with Gasteiger partial charge in [-0.1, -0.05) is 25.8 Å². The summed E-state index contributed by atoms with van der Waals surface area (Å²) in [5, 5.41) is 12.3. The van der Waals surface area contributed by atoms with E-state index in [1.54, 1.807) is 0 Å². The number of hydrogen-bond donors (Lipinski definition) is 2. The van der Waals surface area contributed by atoms with E-state index in [1.165, 1.54) is 31.0 Å². The van der Waals surface area contributed by atoms with Crippen molar-refractivity contribution in [3.05, 3.63) is 29.6 Å². The van der Waals surface area contributed by atoms with Crippen LogP contribution in [0.3, 0.4) is 0 Å². The lowest BCUT2D eigenvalue weighted by molar-refractivity contribution is 0.0922. The number of aromatic hydroxyl groups is 1. The third-order valence-electron chi connectivity index (χ3n) is 4.26. The summed E-state index contributed by atoms with van der Waals surface area (Å²) < 4.78 is 13.6.